The van der Waals surface area contributed by atoms with E-state index in [1.165, 1.54) is 10.8 Å². The summed E-state index contributed by atoms with van der Waals surface area (Å²) in [6, 6.07) is 10.2. The number of hydrogen-bond acceptors (Lipinski definition) is 3. The Bertz CT molecular complexity index is 383. The largest absolute Gasteiger partial charge is 0.396 e. The zero-order valence-electron chi connectivity index (χ0n) is 8.34. The van der Waals surface area contributed by atoms with Crippen LogP contribution in [0.25, 0.3) is 10.8 Å². The average molecular weight is 200 g/mol. The maximum absolute atomic E-state index is 4.51. The lowest BCUT2D eigenvalue weighted by atomic mass is 10.2. The predicted molar refractivity (Wildman–Crippen MR) is 60.8 cm³/mol. The van der Waals surface area contributed by atoms with Gasteiger partial charge in [0.15, 0.2) is 0 Å². The summed E-state index contributed by atoms with van der Waals surface area (Å²) < 4.78 is 0. The quantitative estimate of drug-likeness (QED) is 0.655. The minimum atomic E-state index is 0.778. The molecule has 0 radical (unpaired) electrons. The minimum absolute atomic E-state index is 0.778. The van der Waals surface area contributed by atoms with Gasteiger partial charge < -0.3 is 4.84 Å². The number of nitrogens with zero attached hydrogens (tertiary/aromatic N) is 2. The molecule has 0 saturated carbocycles. The van der Waals surface area contributed by atoms with Crippen LogP contribution in [0, 0.1) is 0 Å². The standard InChI is InChI=1S/C9H7N.C3H5NO/c1-2-4-9-7-10-6-5-8(9)3-1;1-2-4-5-3-1/h1-7H;2H,1,3H2. The van der Waals surface area contributed by atoms with Gasteiger partial charge >= 0.3 is 0 Å². The molecule has 3 rings (SSSR count). The van der Waals surface area contributed by atoms with Crippen molar-refractivity contribution in [1.82, 2.24) is 4.98 Å². The van der Waals surface area contributed by atoms with Crippen molar-refractivity contribution in [2.45, 2.75) is 6.42 Å². The van der Waals surface area contributed by atoms with Crippen LogP contribution in [0.2, 0.25) is 0 Å². The monoisotopic (exact) mass is 200 g/mol. The molecule has 1 aliphatic heterocycles. The van der Waals surface area contributed by atoms with Gasteiger partial charge in [0.1, 0.15) is 6.61 Å². The molecule has 1 aliphatic rings. The highest BCUT2D eigenvalue weighted by Crippen LogP contribution is 2.09. The second-order valence-corrected chi connectivity index (χ2v) is 3.13. The van der Waals surface area contributed by atoms with Crippen molar-refractivity contribution in [3.8, 4) is 0 Å². The number of fused-ring (bicyclic) bond motifs is 1. The Morgan fingerprint density at radius 3 is 2.53 bits per heavy atom. The number of pyridine rings is 1. The van der Waals surface area contributed by atoms with E-state index in [1.807, 2.05) is 30.6 Å². The smallest absolute Gasteiger partial charge is 0.122 e. The number of oxime groups is 1. The minimum Gasteiger partial charge on any atom is -0.396 e. The molecular formula is C12H12N2O. The Morgan fingerprint density at radius 2 is 1.93 bits per heavy atom. The van der Waals surface area contributed by atoms with Crippen molar-refractivity contribution in [3.05, 3.63) is 42.7 Å². The van der Waals surface area contributed by atoms with Crippen LogP contribution < -0.4 is 0 Å². The molecule has 3 nitrogen and oxygen atoms in total. The van der Waals surface area contributed by atoms with E-state index in [2.05, 4.69) is 27.1 Å². The van der Waals surface area contributed by atoms with Crippen LogP contribution in [-0.4, -0.2) is 17.8 Å². The molecule has 0 saturated heterocycles. The molecule has 0 amide bonds. The molecular weight excluding hydrogens is 188 g/mol. The van der Waals surface area contributed by atoms with Crippen LogP contribution in [0.4, 0.5) is 0 Å². The van der Waals surface area contributed by atoms with Crippen LogP contribution in [0.5, 0.6) is 0 Å². The van der Waals surface area contributed by atoms with Crippen LogP contribution in [0.1, 0.15) is 6.42 Å². The summed E-state index contributed by atoms with van der Waals surface area (Å²) in [6.45, 7) is 0.778. The molecule has 0 fully saturated rings. The topological polar surface area (TPSA) is 34.5 Å². The van der Waals surface area contributed by atoms with Crippen LogP contribution in [-0.2, 0) is 4.84 Å². The Kier molecular flexibility index (Phi) is 3.28. The van der Waals surface area contributed by atoms with Gasteiger partial charge in [0.25, 0.3) is 0 Å². The van der Waals surface area contributed by atoms with Gasteiger partial charge in [-0.15, -0.1) is 0 Å². The zero-order chi connectivity index (χ0) is 10.3. The molecule has 76 valence electrons. The van der Waals surface area contributed by atoms with Gasteiger partial charge in [-0.25, -0.2) is 0 Å². The predicted octanol–water partition coefficient (Wildman–Crippen LogP) is 2.63. The Balaban J connectivity index is 0.000000144. The first-order chi connectivity index (χ1) is 7.47. The van der Waals surface area contributed by atoms with Gasteiger partial charge in [-0.3, -0.25) is 4.98 Å². The summed E-state index contributed by atoms with van der Waals surface area (Å²) in [5.74, 6) is 0. The molecule has 15 heavy (non-hydrogen) atoms. The first-order valence-electron chi connectivity index (χ1n) is 4.89. The maximum atomic E-state index is 4.51. The van der Waals surface area contributed by atoms with E-state index >= 15 is 0 Å². The van der Waals surface area contributed by atoms with E-state index in [1.54, 1.807) is 6.21 Å². The second-order valence-electron chi connectivity index (χ2n) is 3.13. The molecule has 0 unspecified atom stereocenters. The van der Waals surface area contributed by atoms with Crippen molar-refractivity contribution in [1.29, 1.82) is 0 Å². The fourth-order valence-corrected chi connectivity index (χ4v) is 1.29. The van der Waals surface area contributed by atoms with E-state index in [0.717, 1.165) is 13.0 Å². The normalized spacial score (nSPS) is 13.1. The Hall–Kier alpha value is -1.90. The van der Waals surface area contributed by atoms with Gasteiger partial charge in [-0.1, -0.05) is 29.4 Å². The SMILES string of the molecule is C1=NOCC1.c1ccc2cnccc2c1. The lowest BCUT2D eigenvalue weighted by Crippen LogP contribution is -1.72. The first-order valence-corrected chi connectivity index (χ1v) is 4.89. The van der Waals surface area contributed by atoms with Gasteiger partial charge in [0, 0.05) is 25.0 Å². The number of rotatable bonds is 0. The third-order valence-electron chi connectivity index (χ3n) is 2.04. The fraction of sp³-hybridized carbons (Fsp3) is 0.167. The molecule has 2 heterocycles. The molecule has 1 aromatic heterocycles. The average Bonchev–Trinajstić information content (AvgIpc) is 2.88. The second kappa shape index (κ2) is 5.10. The molecule has 1 aromatic carbocycles. The van der Waals surface area contributed by atoms with Crippen molar-refractivity contribution in [2.24, 2.45) is 5.16 Å². The maximum Gasteiger partial charge on any atom is 0.122 e. The highest BCUT2D eigenvalue weighted by molar-refractivity contribution is 5.80. The molecule has 0 N–H and O–H groups in total. The van der Waals surface area contributed by atoms with Gasteiger partial charge in [-0.05, 0) is 16.8 Å². The van der Waals surface area contributed by atoms with Crippen molar-refractivity contribution in [2.75, 3.05) is 6.61 Å². The fourth-order valence-electron chi connectivity index (χ4n) is 1.29. The number of benzene rings is 1. The van der Waals surface area contributed by atoms with E-state index in [4.69, 9.17) is 0 Å². The summed E-state index contributed by atoms with van der Waals surface area (Å²) in [5, 5.41) is 5.91. The van der Waals surface area contributed by atoms with Crippen LogP contribution in [0.15, 0.2) is 47.9 Å². The Morgan fingerprint density at radius 1 is 1.07 bits per heavy atom. The summed E-state index contributed by atoms with van der Waals surface area (Å²) >= 11 is 0. The lowest BCUT2D eigenvalue weighted by Gasteiger charge is -1.91. The van der Waals surface area contributed by atoms with Crippen molar-refractivity contribution < 1.29 is 4.84 Å². The van der Waals surface area contributed by atoms with Gasteiger partial charge in [0.05, 0.1) is 0 Å². The molecule has 0 spiro atoms. The van der Waals surface area contributed by atoms with Crippen LogP contribution >= 0.6 is 0 Å². The van der Waals surface area contributed by atoms with E-state index in [-0.39, 0.29) is 0 Å². The molecule has 3 heteroatoms. The van der Waals surface area contributed by atoms with Crippen molar-refractivity contribution >= 4 is 17.0 Å². The summed E-state index contributed by atoms with van der Waals surface area (Å²) in [7, 11) is 0. The highest BCUT2D eigenvalue weighted by atomic mass is 16.6. The summed E-state index contributed by atoms with van der Waals surface area (Å²) in [6.07, 6.45) is 6.43. The number of hydrogen-bond donors (Lipinski definition) is 0. The summed E-state index contributed by atoms with van der Waals surface area (Å²) in [5.41, 5.74) is 0. The summed E-state index contributed by atoms with van der Waals surface area (Å²) in [4.78, 5) is 8.53. The zero-order valence-corrected chi connectivity index (χ0v) is 8.34. The first kappa shape index (κ1) is 9.65. The highest BCUT2D eigenvalue weighted by Gasteiger charge is 1.86. The molecule has 0 bridgehead atoms. The molecule has 0 aliphatic carbocycles. The third kappa shape index (κ3) is 2.77. The lowest BCUT2D eigenvalue weighted by molar-refractivity contribution is 0.174. The Labute approximate surface area is 88.4 Å². The molecule has 0 atom stereocenters. The molecule has 2 aromatic rings. The van der Waals surface area contributed by atoms with E-state index < -0.39 is 0 Å². The van der Waals surface area contributed by atoms with Crippen LogP contribution in [0.3, 0.4) is 0 Å². The van der Waals surface area contributed by atoms with E-state index in [9.17, 15) is 0 Å². The van der Waals surface area contributed by atoms with E-state index in [0.29, 0.717) is 0 Å². The number of aromatic nitrogens is 1. The van der Waals surface area contributed by atoms with Crippen molar-refractivity contribution in [3.63, 3.8) is 0 Å². The third-order valence-corrected chi connectivity index (χ3v) is 2.04. The van der Waals surface area contributed by atoms with Gasteiger partial charge in [-0.2, -0.15) is 0 Å². The van der Waals surface area contributed by atoms with Gasteiger partial charge in [0.2, 0.25) is 0 Å².